The van der Waals surface area contributed by atoms with Gasteiger partial charge < -0.3 is 10.6 Å². The van der Waals surface area contributed by atoms with E-state index in [0.29, 0.717) is 11.9 Å². The lowest BCUT2D eigenvalue weighted by Gasteiger charge is -2.06. The van der Waals surface area contributed by atoms with Crippen LogP contribution in [-0.4, -0.2) is 28.0 Å². The largest absolute Gasteiger partial charge is 0.367 e. The molecule has 1 aromatic heterocycles. The van der Waals surface area contributed by atoms with Crippen LogP contribution >= 0.6 is 0 Å². The molecule has 0 aliphatic heterocycles. The Bertz CT molecular complexity index is 391. The van der Waals surface area contributed by atoms with Crippen molar-refractivity contribution in [3.63, 3.8) is 0 Å². The molecule has 2 N–H and O–H groups in total. The monoisotopic (exact) mass is 209 g/mol. The quantitative estimate of drug-likeness (QED) is 0.567. The molecule has 1 heterocycles. The number of nitrogens with one attached hydrogen (secondary N) is 2. The van der Waals surface area contributed by atoms with Gasteiger partial charge in [-0.25, -0.2) is 9.97 Å². The van der Waals surface area contributed by atoms with Gasteiger partial charge in [-0.3, -0.25) is 10.1 Å². The van der Waals surface area contributed by atoms with Crippen LogP contribution in [0.4, 0.5) is 17.3 Å². The molecular weight excluding hydrogens is 198 g/mol. The zero-order valence-corrected chi connectivity index (χ0v) is 8.23. The number of nitrogens with zero attached hydrogens (tertiary/aromatic N) is 3. The van der Waals surface area contributed by atoms with Crippen LogP contribution in [0, 0.1) is 10.1 Å². The van der Waals surface area contributed by atoms with Crippen LogP contribution in [0.3, 0.4) is 0 Å². The SMILES string of the molecule is CNc1ncnc(NC2CC2)c1[N+](=O)[O-]. The highest BCUT2D eigenvalue weighted by Gasteiger charge is 2.28. The highest BCUT2D eigenvalue weighted by atomic mass is 16.6. The summed E-state index contributed by atoms with van der Waals surface area (Å²) < 4.78 is 0. The van der Waals surface area contributed by atoms with E-state index >= 15 is 0 Å². The number of hydrogen-bond donors (Lipinski definition) is 2. The van der Waals surface area contributed by atoms with Gasteiger partial charge >= 0.3 is 5.69 Å². The van der Waals surface area contributed by atoms with Gasteiger partial charge in [0.25, 0.3) is 0 Å². The molecule has 1 saturated carbocycles. The van der Waals surface area contributed by atoms with Crippen LogP contribution in [0.2, 0.25) is 0 Å². The molecule has 0 atom stereocenters. The van der Waals surface area contributed by atoms with Crippen LogP contribution in [0.15, 0.2) is 6.33 Å². The Balaban J connectivity index is 2.37. The van der Waals surface area contributed by atoms with Gasteiger partial charge in [0.15, 0.2) is 0 Å². The fourth-order valence-corrected chi connectivity index (χ4v) is 1.26. The van der Waals surface area contributed by atoms with Crippen LogP contribution in [0.1, 0.15) is 12.8 Å². The summed E-state index contributed by atoms with van der Waals surface area (Å²) in [5.41, 5.74) is -0.0908. The first-order valence-electron chi connectivity index (χ1n) is 4.66. The van der Waals surface area contributed by atoms with Crippen molar-refractivity contribution in [2.45, 2.75) is 18.9 Å². The van der Waals surface area contributed by atoms with Crippen molar-refractivity contribution in [1.82, 2.24) is 9.97 Å². The summed E-state index contributed by atoms with van der Waals surface area (Å²) in [5, 5.41) is 16.5. The number of aromatic nitrogens is 2. The molecule has 2 rings (SSSR count). The molecule has 0 unspecified atom stereocenters. The third-order valence-corrected chi connectivity index (χ3v) is 2.16. The number of anilines is 2. The van der Waals surface area contributed by atoms with E-state index in [1.54, 1.807) is 7.05 Å². The molecular formula is C8H11N5O2. The number of nitro groups is 1. The second-order valence-electron chi connectivity index (χ2n) is 3.35. The zero-order valence-electron chi connectivity index (χ0n) is 8.23. The Hall–Kier alpha value is -1.92. The van der Waals surface area contributed by atoms with Gasteiger partial charge in [0.05, 0.1) is 4.92 Å². The first kappa shape index (κ1) is 9.63. The molecule has 1 aliphatic rings. The van der Waals surface area contributed by atoms with Crippen molar-refractivity contribution < 1.29 is 4.92 Å². The van der Waals surface area contributed by atoms with Crippen molar-refractivity contribution in [1.29, 1.82) is 0 Å². The maximum atomic E-state index is 10.8. The molecule has 0 bridgehead atoms. The Morgan fingerprint density at radius 1 is 1.47 bits per heavy atom. The van der Waals surface area contributed by atoms with E-state index < -0.39 is 4.92 Å². The molecule has 0 saturated heterocycles. The van der Waals surface area contributed by atoms with Gasteiger partial charge in [-0.1, -0.05) is 0 Å². The standard InChI is InChI=1S/C8H11N5O2/c1-9-7-6(13(14)15)8(11-4-10-7)12-5-2-3-5/h4-5H,2-3H2,1H3,(H2,9,10,11,12). The average molecular weight is 209 g/mol. The minimum Gasteiger partial charge on any atom is -0.367 e. The minimum atomic E-state index is -0.476. The lowest BCUT2D eigenvalue weighted by molar-refractivity contribution is -0.383. The van der Waals surface area contributed by atoms with Gasteiger partial charge in [0, 0.05) is 13.1 Å². The second kappa shape index (κ2) is 3.68. The molecule has 0 amide bonds. The first-order chi connectivity index (χ1) is 7.22. The smallest absolute Gasteiger partial charge is 0.353 e. The molecule has 80 valence electrons. The van der Waals surface area contributed by atoms with Gasteiger partial charge in [-0.2, -0.15) is 0 Å². The first-order valence-corrected chi connectivity index (χ1v) is 4.66. The van der Waals surface area contributed by atoms with Crippen LogP contribution in [0.5, 0.6) is 0 Å². The van der Waals surface area contributed by atoms with Gasteiger partial charge in [0.2, 0.25) is 11.6 Å². The topological polar surface area (TPSA) is 93.0 Å². The molecule has 1 fully saturated rings. The normalized spacial score (nSPS) is 14.7. The van der Waals surface area contributed by atoms with Crippen molar-refractivity contribution in [2.24, 2.45) is 0 Å². The molecule has 7 nitrogen and oxygen atoms in total. The molecule has 1 aliphatic carbocycles. The van der Waals surface area contributed by atoms with E-state index in [1.807, 2.05) is 0 Å². The third-order valence-electron chi connectivity index (χ3n) is 2.16. The lowest BCUT2D eigenvalue weighted by atomic mass is 10.4. The molecule has 0 aromatic carbocycles. The van der Waals surface area contributed by atoms with Gasteiger partial charge in [-0.15, -0.1) is 0 Å². The van der Waals surface area contributed by atoms with Crippen LogP contribution in [-0.2, 0) is 0 Å². The van der Waals surface area contributed by atoms with E-state index in [0.717, 1.165) is 12.8 Å². The van der Waals surface area contributed by atoms with Crippen molar-refractivity contribution in [3.8, 4) is 0 Å². The summed E-state index contributed by atoms with van der Waals surface area (Å²) in [6.07, 6.45) is 3.38. The Morgan fingerprint density at radius 2 is 2.13 bits per heavy atom. The van der Waals surface area contributed by atoms with Crippen molar-refractivity contribution in [3.05, 3.63) is 16.4 Å². The number of hydrogen-bond acceptors (Lipinski definition) is 6. The Labute approximate surface area is 86.1 Å². The summed E-state index contributed by atoms with van der Waals surface area (Å²) in [7, 11) is 1.59. The van der Waals surface area contributed by atoms with Crippen molar-refractivity contribution in [2.75, 3.05) is 17.7 Å². The second-order valence-corrected chi connectivity index (χ2v) is 3.35. The van der Waals surface area contributed by atoms with Crippen molar-refractivity contribution >= 4 is 17.3 Å². The maximum absolute atomic E-state index is 10.8. The summed E-state index contributed by atoms with van der Waals surface area (Å²) in [6, 6.07) is 0.323. The highest BCUT2D eigenvalue weighted by Crippen LogP contribution is 2.32. The minimum absolute atomic E-state index is 0.0908. The summed E-state index contributed by atoms with van der Waals surface area (Å²) in [5.74, 6) is 0.528. The highest BCUT2D eigenvalue weighted by molar-refractivity contribution is 5.69. The zero-order chi connectivity index (χ0) is 10.8. The lowest BCUT2D eigenvalue weighted by Crippen LogP contribution is -2.09. The van der Waals surface area contributed by atoms with E-state index in [-0.39, 0.29) is 11.5 Å². The molecule has 1 aromatic rings. The molecule has 15 heavy (non-hydrogen) atoms. The summed E-state index contributed by atoms with van der Waals surface area (Å²) in [4.78, 5) is 18.1. The predicted molar refractivity (Wildman–Crippen MR) is 54.9 cm³/mol. The molecule has 7 heteroatoms. The van der Waals surface area contributed by atoms with E-state index in [2.05, 4.69) is 20.6 Å². The summed E-state index contributed by atoms with van der Waals surface area (Å²) >= 11 is 0. The Morgan fingerprint density at radius 3 is 2.67 bits per heavy atom. The van der Waals surface area contributed by atoms with E-state index in [1.165, 1.54) is 6.33 Å². The van der Waals surface area contributed by atoms with Gasteiger partial charge in [0.1, 0.15) is 6.33 Å². The third kappa shape index (κ3) is 1.95. The fourth-order valence-electron chi connectivity index (χ4n) is 1.26. The average Bonchev–Trinajstić information content (AvgIpc) is 3.01. The number of rotatable bonds is 4. The van der Waals surface area contributed by atoms with Crippen LogP contribution in [0.25, 0.3) is 0 Å². The van der Waals surface area contributed by atoms with E-state index in [9.17, 15) is 10.1 Å². The maximum Gasteiger partial charge on any atom is 0.353 e. The Kier molecular flexibility index (Phi) is 2.36. The molecule has 0 spiro atoms. The van der Waals surface area contributed by atoms with E-state index in [4.69, 9.17) is 0 Å². The van der Waals surface area contributed by atoms with Crippen LogP contribution < -0.4 is 10.6 Å². The molecule has 0 radical (unpaired) electrons. The fraction of sp³-hybridized carbons (Fsp3) is 0.500. The van der Waals surface area contributed by atoms with Gasteiger partial charge in [-0.05, 0) is 12.8 Å². The predicted octanol–water partition coefficient (Wildman–Crippen LogP) is 1.00. The summed E-state index contributed by atoms with van der Waals surface area (Å²) in [6.45, 7) is 0.